The highest BCUT2D eigenvalue weighted by atomic mass is 16.7. The van der Waals surface area contributed by atoms with Crippen LogP contribution in [0.15, 0.2) is 72.9 Å². The van der Waals surface area contributed by atoms with Crippen LogP contribution in [0, 0.1) is 0 Å². The molecule has 0 radical (unpaired) electrons. The highest BCUT2D eigenvalue weighted by Gasteiger charge is 2.39. The molecule has 2 aliphatic rings. The number of rotatable bonds is 4. The molecule has 1 spiro atoms. The summed E-state index contributed by atoms with van der Waals surface area (Å²) in [6, 6.07) is 23.6. The third-order valence-corrected chi connectivity index (χ3v) is 5.96. The molecule has 2 aliphatic heterocycles. The molecule has 0 aliphatic carbocycles. The summed E-state index contributed by atoms with van der Waals surface area (Å²) < 4.78 is 11.7. The van der Waals surface area contributed by atoms with Crippen LogP contribution in [0.2, 0.25) is 0 Å². The summed E-state index contributed by atoms with van der Waals surface area (Å²) in [5, 5.41) is 0. The van der Waals surface area contributed by atoms with Gasteiger partial charge < -0.3 is 9.47 Å². The lowest BCUT2D eigenvalue weighted by Crippen LogP contribution is -2.44. The number of hydrogen-bond donors (Lipinski definition) is 0. The molecular weight excluding hydrogens is 360 g/mol. The molecule has 0 N–H and O–H groups in total. The zero-order chi connectivity index (χ0) is 19.5. The van der Waals surface area contributed by atoms with Gasteiger partial charge >= 0.3 is 0 Å². The van der Waals surface area contributed by atoms with Crippen LogP contribution in [0.25, 0.3) is 22.3 Å². The molecule has 0 amide bonds. The van der Waals surface area contributed by atoms with Gasteiger partial charge in [-0.2, -0.15) is 0 Å². The van der Waals surface area contributed by atoms with Gasteiger partial charge in [0.1, 0.15) is 0 Å². The van der Waals surface area contributed by atoms with Crippen LogP contribution in [-0.2, 0) is 16.0 Å². The van der Waals surface area contributed by atoms with Crippen molar-refractivity contribution in [2.45, 2.75) is 25.2 Å². The molecule has 4 nitrogen and oxygen atoms in total. The molecular formula is C25H26N2O2. The summed E-state index contributed by atoms with van der Waals surface area (Å²) in [5.74, 6) is -0.313. The molecule has 0 saturated carbocycles. The lowest BCUT2D eigenvalue weighted by atomic mass is 10.00. The van der Waals surface area contributed by atoms with Crippen LogP contribution in [0.1, 0.15) is 18.5 Å². The lowest BCUT2D eigenvalue weighted by molar-refractivity contribution is -0.185. The van der Waals surface area contributed by atoms with Gasteiger partial charge in [-0.25, -0.2) is 0 Å². The van der Waals surface area contributed by atoms with E-state index < -0.39 is 0 Å². The lowest BCUT2D eigenvalue weighted by Gasteiger charge is -2.37. The summed E-state index contributed by atoms with van der Waals surface area (Å²) in [7, 11) is 0. The van der Waals surface area contributed by atoms with Crippen molar-refractivity contribution in [3.8, 4) is 22.3 Å². The van der Waals surface area contributed by atoms with Gasteiger partial charge in [-0.1, -0.05) is 54.6 Å². The predicted octanol–water partition coefficient (Wildman–Crippen LogP) is 4.75. The van der Waals surface area contributed by atoms with Gasteiger partial charge in [0.2, 0.25) is 0 Å². The number of likely N-dealkylation sites (tertiary alicyclic amines) is 1. The minimum atomic E-state index is -0.313. The van der Waals surface area contributed by atoms with Crippen molar-refractivity contribution in [2.24, 2.45) is 0 Å². The molecule has 3 heterocycles. The Morgan fingerprint density at radius 1 is 0.759 bits per heavy atom. The SMILES string of the molecule is c1ccc(-c2ccc(-c3ccnc(CN4CCC5(CC4)OCCO5)c3)cc2)cc1. The molecule has 29 heavy (non-hydrogen) atoms. The second kappa shape index (κ2) is 8.07. The quantitative estimate of drug-likeness (QED) is 0.648. The van der Waals surface area contributed by atoms with Gasteiger partial charge in [-0.15, -0.1) is 0 Å². The fraction of sp³-hybridized carbons (Fsp3) is 0.320. The van der Waals surface area contributed by atoms with E-state index in [9.17, 15) is 0 Å². The van der Waals surface area contributed by atoms with Crippen LogP contribution >= 0.6 is 0 Å². The predicted molar refractivity (Wildman–Crippen MR) is 114 cm³/mol. The molecule has 0 bridgehead atoms. The normalized spacial score (nSPS) is 18.9. The Balaban J connectivity index is 1.26. The first-order valence-electron chi connectivity index (χ1n) is 10.4. The molecule has 2 fully saturated rings. The largest absolute Gasteiger partial charge is 0.347 e. The van der Waals surface area contributed by atoms with Gasteiger partial charge in [-0.05, 0) is 34.4 Å². The van der Waals surface area contributed by atoms with Crippen molar-refractivity contribution in [2.75, 3.05) is 26.3 Å². The van der Waals surface area contributed by atoms with Gasteiger partial charge in [0.05, 0.1) is 18.9 Å². The molecule has 1 aromatic heterocycles. The molecule has 2 saturated heterocycles. The summed E-state index contributed by atoms with van der Waals surface area (Å²) >= 11 is 0. The second-order valence-corrected chi connectivity index (χ2v) is 7.86. The van der Waals surface area contributed by atoms with E-state index in [1.807, 2.05) is 12.3 Å². The molecule has 3 aromatic rings. The summed E-state index contributed by atoms with van der Waals surface area (Å²) in [6.45, 7) is 4.29. The molecule has 5 rings (SSSR count). The van der Waals surface area contributed by atoms with Crippen molar-refractivity contribution >= 4 is 0 Å². The first kappa shape index (κ1) is 18.5. The highest BCUT2D eigenvalue weighted by molar-refractivity contribution is 5.70. The van der Waals surface area contributed by atoms with Crippen molar-refractivity contribution in [3.05, 3.63) is 78.6 Å². The number of hydrogen-bond acceptors (Lipinski definition) is 4. The average molecular weight is 386 g/mol. The molecule has 4 heteroatoms. The summed E-state index contributed by atoms with van der Waals surface area (Å²) in [6.07, 6.45) is 3.80. The summed E-state index contributed by atoms with van der Waals surface area (Å²) in [4.78, 5) is 7.05. The molecule has 0 atom stereocenters. The number of aromatic nitrogens is 1. The first-order valence-corrected chi connectivity index (χ1v) is 10.4. The maximum absolute atomic E-state index is 5.83. The zero-order valence-electron chi connectivity index (χ0n) is 16.6. The molecule has 2 aromatic carbocycles. The highest BCUT2D eigenvalue weighted by Crippen LogP contribution is 2.32. The Bertz CT molecular complexity index is 940. The van der Waals surface area contributed by atoms with Crippen LogP contribution in [0.5, 0.6) is 0 Å². The Hall–Kier alpha value is -2.53. The fourth-order valence-electron chi connectivity index (χ4n) is 4.30. The van der Waals surface area contributed by atoms with Crippen molar-refractivity contribution < 1.29 is 9.47 Å². The van der Waals surface area contributed by atoms with Crippen LogP contribution in [0.3, 0.4) is 0 Å². The van der Waals surface area contributed by atoms with Gasteiger partial charge in [0.15, 0.2) is 5.79 Å². The van der Waals surface area contributed by atoms with E-state index in [0.717, 1.165) is 51.4 Å². The third kappa shape index (κ3) is 4.10. The summed E-state index contributed by atoms with van der Waals surface area (Å²) in [5.41, 5.74) is 6.03. The van der Waals surface area contributed by atoms with Crippen LogP contribution in [0.4, 0.5) is 0 Å². The zero-order valence-corrected chi connectivity index (χ0v) is 16.6. The smallest absolute Gasteiger partial charge is 0.170 e. The van der Waals surface area contributed by atoms with Crippen molar-refractivity contribution in [1.82, 2.24) is 9.88 Å². The number of piperidine rings is 1. The number of benzene rings is 2. The number of nitrogens with zero attached hydrogens (tertiary/aromatic N) is 2. The fourth-order valence-corrected chi connectivity index (χ4v) is 4.30. The van der Waals surface area contributed by atoms with E-state index >= 15 is 0 Å². The Morgan fingerprint density at radius 2 is 1.38 bits per heavy atom. The van der Waals surface area contributed by atoms with E-state index in [1.54, 1.807) is 0 Å². The molecule has 148 valence electrons. The average Bonchev–Trinajstić information content (AvgIpc) is 3.25. The minimum absolute atomic E-state index is 0.313. The van der Waals surface area contributed by atoms with E-state index in [4.69, 9.17) is 9.47 Å². The third-order valence-electron chi connectivity index (χ3n) is 5.96. The van der Waals surface area contributed by atoms with Gasteiger partial charge in [0, 0.05) is 38.7 Å². The Labute approximate surface area is 172 Å². The standard InChI is InChI=1S/C25H26N2O2/c1-2-4-20(5-3-1)21-6-8-22(9-7-21)23-10-13-26-24(18-23)19-27-14-11-25(12-15-27)28-16-17-29-25/h1-10,13,18H,11-12,14-17,19H2. The maximum Gasteiger partial charge on any atom is 0.170 e. The Kier molecular flexibility index (Phi) is 5.15. The first-order chi connectivity index (χ1) is 14.3. The monoisotopic (exact) mass is 386 g/mol. The number of ether oxygens (including phenoxy) is 2. The second-order valence-electron chi connectivity index (χ2n) is 7.86. The van der Waals surface area contributed by atoms with E-state index in [0.29, 0.717) is 0 Å². The molecule has 0 unspecified atom stereocenters. The minimum Gasteiger partial charge on any atom is -0.347 e. The van der Waals surface area contributed by atoms with Gasteiger partial charge in [-0.3, -0.25) is 9.88 Å². The van der Waals surface area contributed by atoms with Crippen LogP contribution in [-0.4, -0.2) is 42.0 Å². The maximum atomic E-state index is 5.83. The van der Waals surface area contributed by atoms with Gasteiger partial charge in [0.25, 0.3) is 0 Å². The van der Waals surface area contributed by atoms with Crippen LogP contribution < -0.4 is 0 Å². The van der Waals surface area contributed by atoms with E-state index in [1.165, 1.54) is 22.3 Å². The topological polar surface area (TPSA) is 34.6 Å². The van der Waals surface area contributed by atoms with Crippen molar-refractivity contribution in [3.63, 3.8) is 0 Å². The number of pyridine rings is 1. The van der Waals surface area contributed by atoms with Crippen molar-refractivity contribution in [1.29, 1.82) is 0 Å². The Morgan fingerprint density at radius 3 is 2.07 bits per heavy atom. The van der Waals surface area contributed by atoms with E-state index in [2.05, 4.69) is 70.5 Å². The van der Waals surface area contributed by atoms with E-state index in [-0.39, 0.29) is 5.79 Å².